The zero-order valence-corrected chi connectivity index (χ0v) is 12.8. The Kier molecular flexibility index (Phi) is 4.41. The van der Waals surface area contributed by atoms with Gasteiger partial charge in [-0.1, -0.05) is 17.5 Å². The van der Waals surface area contributed by atoms with Crippen molar-refractivity contribution < 1.29 is 19.0 Å². The standard InChI is InChI=1S/C16H16ClNO4/c1-2-12-10-20-7-4-18(12)16(19)11-8-13(17)15-14(9-11)21-5-3-6-22-15/h1,8-9,12H,3-7,10H2. The molecule has 2 aliphatic heterocycles. The summed E-state index contributed by atoms with van der Waals surface area (Å²) in [6.07, 6.45) is 6.25. The van der Waals surface area contributed by atoms with Gasteiger partial charge >= 0.3 is 0 Å². The average molecular weight is 322 g/mol. The molecule has 1 amide bonds. The number of morpholine rings is 1. The highest BCUT2D eigenvalue weighted by Crippen LogP contribution is 2.38. The van der Waals surface area contributed by atoms with E-state index in [0.717, 1.165) is 6.42 Å². The Bertz CT molecular complexity index is 625. The van der Waals surface area contributed by atoms with Gasteiger partial charge in [-0.15, -0.1) is 6.42 Å². The second-order valence-electron chi connectivity index (χ2n) is 5.09. The van der Waals surface area contributed by atoms with Crippen LogP contribution in [0, 0.1) is 12.3 Å². The molecule has 0 N–H and O–H groups in total. The summed E-state index contributed by atoms with van der Waals surface area (Å²) in [6, 6.07) is 2.90. The molecule has 1 atom stereocenters. The van der Waals surface area contributed by atoms with Gasteiger partial charge in [-0.25, -0.2) is 0 Å². The normalized spacial score (nSPS) is 20.9. The number of fused-ring (bicyclic) bond motifs is 1. The lowest BCUT2D eigenvalue weighted by Gasteiger charge is -2.32. The van der Waals surface area contributed by atoms with E-state index in [9.17, 15) is 4.79 Å². The summed E-state index contributed by atoms with van der Waals surface area (Å²) in [5, 5.41) is 0.369. The molecule has 0 saturated carbocycles. The lowest BCUT2D eigenvalue weighted by molar-refractivity contribution is 0.0137. The van der Waals surface area contributed by atoms with Gasteiger partial charge < -0.3 is 19.1 Å². The molecular formula is C16H16ClNO4. The molecule has 0 radical (unpaired) electrons. The third-order valence-electron chi connectivity index (χ3n) is 3.63. The topological polar surface area (TPSA) is 48.0 Å². The van der Waals surface area contributed by atoms with Crippen LogP contribution in [0.5, 0.6) is 11.5 Å². The van der Waals surface area contributed by atoms with E-state index in [1.54, 1.807) is 17.0 Å². The summed E-state index contributed by atoms with van der Waals surface area (Å²) in [6.45, 7) is 2.36. The van der Waals surface area contributed by atoms with Crippen molar-refractivity contribution in [2.45, 2.75) is 12.5 Å². The van der Waals surface area contributed by atoms with Gasteiger partial charge in [0.2, 0.25) is 0 Å². The molecule has 0 spiro atoms. The minimum absolute atomic E-state index is 0.177. The molecule has 0 aromatic heterocycles. The van der Waals surface area contributed by atoms with Crippen LogP contribution in [0.25, 0.3) is 0 Å². The molecule has 2 aliphatic rings. The van der Waals surface area contributed by atoms with Gasteiger partial charge in [0.25, 0.3) is 5.91 Å². The first-order valence-electron chi connectivity index (χ1n) is 7.14. The summed E-state index contributed by atoms with van der Waals surface area (Å²) in [7, 11) is 0. The van der Waals surface area contributed by atoms with Crippen LogP contribution in [0.4, 0.5) is 0 Å². The van der Waals surface area contributed by atoms with E-state index < -0.39 is 0 Å². The van der Waals surface area contributed by atoms with Gasteiger partial charge in [-0.2, -0.15) is 0 Å². The first kappa shape index (κ1) is 15.0. The second-order valence-corrected chi connectivity index (χ2v) is 5.50. The monoisotopic (exact) mass is 321 g/mol. The van der Waals surface area contributed by atoms with Crippen LogP contribution >= 0.6 is 11.6 Å². The SMILES string of the molecule is C#CC1COCCN1C(=O)c1cc(Cl)c2c(c1)OCCCO2. The number of halogens is 1. The Balaban J connectivity index is 1.91. The van der Waals surface area contributed by atoms with Crippen molar-refractivity contribution in [3.05, 3.63) is 22.7 Å². The van der Waals surface area contributed by atoms with Crippen LogP contribution in [0.1, 0.15) is 16.8 Å². The molecule has 1 saturated heterocycles. The van der Waals surface area contributed by atoms with Gasteiger partial charge in [-0.3, -0.25) is 4.79 Å². The maximum atomic E-state index is 12.7. The number of hydrogen-bond donors (Lipinski definition) is 0. The number of terminal acetylenes is 1. The quantitative estimate of drug-likeness (QED) is 0.742. The fourth-order valence-electron chi connectivity index (χ4n) is 2.50. The van der Waals surface area contributed by atoms with E-state index >= 15 is 0 Å². The lowest BCUT2D eigenvalue weighted by atomic mass is 10.1. The molecule has 5 nitrogen and oxygen atoms in total. The number of amides is 1. The zero-order valence-electron chi connectivity index (χ0n) is 12.0. The predicted molar refractivity (Wildman–Crippen MR) is 81.5 cm³/mol. The summed E-state index contributed by atoms with van der Waals surface area (Å²) < 4.78 is 16.5. The van der Waals surface area contributed by atoms with E-state index in [2.05, 4.69) is 5.92 Å². The summed E-state index contributed by atoms with van der Waals surface area (Å²) >= 11 is 6.23. The molecule has 1 fully saturated rings. The molecule has 22 heavy (non-hydrogen) atoms. The van der Waals surface area contributed by atoms with Crippen molar-refractivity contribution in [3.63, 3.8) is 0 Å². The third-order valence-corrected chi connectivity index (χ3v) is 3.91. The molecule has 1 aromatic rings. The maximum absolute atomic E-state index is 12.7. The first-order valence-corrected chi connectivity index (χ1v) is 7.52. The predicted octanol–water partition coefficient (Wildman–Crippen LogP) is 1.98. The summed E-state index contributed by atoms with van der Waals surface area (Å²) in [4.78, 5) is 14.3. The van der Waals surface area contributed by atoms with E-state index in [-0.39, 0.29) is 11.9 Å². The molecule has 116 valence electrons. The largest absolute Gasteiger partial charge is 0.489 e. The highest BCUT2D eigenvalue weighted by molar-refractivity contribution is 6.32. The third kappa shape index (κ3) is 2.85. The van der Waals surface area contributed by atoms with Gasteiger partial charge in [0.05, 0.1) is 31.5 Å². The molecule has 2 heterocycles. The summed E-state index contributed by atoms with van der Waals surface area (Å²) in [5.41, 5.74) is 0.441. The van der Waals surface area contributed by atoms with Crippen LogP contribution in [-0.2, 0) is 4.74 Å². The van der Waals surface area contributed by atoms with Gasteiger partial charge in [0.15, 0.2) is 11.5 Å². The molecule has 1 aromatic carbocycles. The maximum Gasteiger partial charge on any atom is 0.255 e. The fraction of sp³-hybridized carbons (Fsp3) is 0.438. The van der Waals surface area contributed by atoms with E-state index in [1.165, 1.54) is 0 Å². The molecular weight excluding hydrogens is 306 g/mol. The van der Waals surface area contributed by atoms with E-state index in [1.807, 2.05) is 0 Å². The van der Waals surface area contributed by atoms with Crippen molar-refractivity contribution in [1.82, 2.24) is 4.90 Å². The van der Waals surface area contributed by atoms with Crippen LogP contribution in [0.2, 0.25) is 5.02 Å². The smallest absolute Gasteiger partial charge is 0.255 e. The number of carbonyl (C=O) groups is 1. The Hall–Kier alpha value is -1.90. The molecule has 0 aliphatic carbocycles. The molecule has 0 bridgehead atoms. The highest BCUT2D eigenvalue weighted by Gasteiger charge is 2.28. The van der Waals surface area contributed by atoms with Crippen molar-refractivity contribution in [2.75, 3.05) is 33.0 Å². The Morgan fingerprint density at radius 1 is 1.32 bits per heavy atom. The fourth-order valence-corrected chi connectivity index (χ4v) is 2.77. The van der Waals surface area contributed by atoms with Gasteiger partial charge in [0.1, 0.15) is 6.04 Å². The van der Waals surface area contributed by atoms with E-state index in [4.69, 9.17) is 32.2 Å². The Morgan fingerprint density at radius 2 is 2.14 bits per heavy atom. The van der Waals surface area contributed by atoms with Crippen LogP contribution in [0.3, 0.4) is 0 Å². The van der Waals surface area contributed by atoms with E-state index in [0.29, 0.717) is 55.1 Å². The lowest BCUT2D eigenvalue weighted by Crippen LogP contribution is -2.48. The molecule has 1 unspecified atom stereocenters. The van der Waals surface area contributed by atoms with Crippen LogP contribution < -0.4 is 9.47 Å². The Labute approximate surface area is 134 Å². The number of hydrogen-bond acceptors (Lipinski definition) is 4. The molecule has 3 rings (SSSR count). The average Bonchev–Trinajstić information content (AvgIpc) is 2.80. The number of carbonyl (C=O) groups excluding carboxylic acids is 1. The number of rotatable bonds is 1. The van der Waals surface area contributed by atoms with Gasteiger partial charge in [-0.05, 0) is 12.1 Å². The minimum atomic E-state index is -0.365. The minimum Gasteiger partial charge on any atom is -0.489 e. The van der Waals surface area contributed by atoms with Crippen molar-refractivity contribution in [1.29, 1.82) is 0 Å². The zero-order chi connectivity index (χ0) is 15.5. The van der Waals surface area contributed by atoms with Crippen molar-refractivity contribution in [2.24, 2.45) is 0 Å². The van der Waals surface area contributed by atoms with Crippen LogP contribution in [-0.4, -0.2) is 49.8 Å². The van der Waals surface area contributed by atoms with Crippen LogP contribution in [0.15, 0.2) is 12.1 Å². The Morgan fingerprint density at radius 3 is 2.95 bits per heavy atom. The van der Waals surface area contributed by atoms with Gasteiger partial charge in [0, 0.05) is 18.5 Å². The van der Waals surface area contributed by atoms with Crippen molar-refractivity contribution in [3.8, 4) is 23.8 Å². The number of ether oxygens (including phenoxy) is 3. The highest BCUT2D eigenvalue weighted by atomic mass is 35.5. The molecule has 6 heteroatoms. The number of benzene rings is 1. The summed E-state index contributed by atoms with van der Waals surface area (Å²) in [5.74, 6) is 3.40. The van der Waals surface area contributed by atoms with Crippen molar-refractivity contribution >= 4 is 17.5 Å². The second kappa shape index (κ2) is 6.47. The number of nitrogens with zero attached hydrogens (tertiary/aromatic N) is 1. The first-order chi connectivity index (χ1) is 10.7.